The van der Waals surface area contributed by atoms with E-state index < -0.39 is 23.2 Å². The van der Waals surface area contributed by atoms with Crippen molar-refractivity contribution < 1.29 is 14.0 Å². The first kappa shape index (κ1) is 18.8. The third-order valence-corrected chi connectivity index (χ3v) is 3.92. The predicted octanol–water partition coefficient (Wildman–Crippen LogP) is 3.91. The highest BCUT2D eigenvalue weighted by atomic mass is 35.5. The first-order valence-electron chi connectivity index (χ1n) is 8.22. The van der Waals surface area contributed by atoms with E-state index in [1.807, 2.05) is 20.8 Å². The number of pyridine rings is 1. The minimum atomic E-state index is -0.580. The van der Waals surface area contributed by atoms with Crippen molar-refractivity contribution in [3.8, 4) is 0 Å². The number of hydrogen-bond donors (Lipinski definition) is 2. The summed E-state index contributed by atoms with van der Waals surface area (Å²) in [4.78, 5) is 29.5. The Morgan fingerprint density at radius 2 is 1.89 bits per heavy atom. The van der Waals surface area contributed by atoms with E-state index in [1.165, 1.54) is 12.1 Å². The van der Waals surface area contributed by atoms with Crippen LogP contribution >= 0.6 is 11.6 Å². The summed E-state index contributed by atoms with van der Waals surface area (Å²) >= 11 is 5.75. The maximum absolute atomic E-state index is 13.3. The van der Waals surface area contributed by atoms with Gasteiger partial charge in [0.2, 0.25) is 5.82 Å². The van der Waals surface area contributed by atoms with Gasteiger partial charge < -0.3 is 10.6 Å². The van der Waals surface area contributed by atoms with E-state index in [9.17, 15) is 14.0 Å². The highest BCUT2D eigenvalue weighted by Gasteiger charge is 2.24. The third-order valence-electron chi connectivity index (χ3n) is 3.63. The smallest absolute Gasteiger partial charge is 0.288 e. The zero-order valence-corrected chi connectivity index (χ0v) is 15.8. The number of fused-ring (bicyclic) bond motifs is 1. The first-order valence-corrected chi connectivity index (χ1v) is 8.59. The Labute approximate surface area is 160 Å². The molecule has 0 aliphatic heterocycles. The van der Waals surface area contributed by atoms with Crippen molar-refractivity contribution in [2.75, 3.05) is 5.32 Å². The summed E-state index contributed by atoms with van der Waals surface area (Å²) in [6, 6.07) is 9.03. The van der Waals surface area contributed by atoms with Crippen molar-refractivity contribution in [2.24, 2.45) is 0 Å². The van der Waals surface area contributed by atoms with Gasteiger partial charge in [0.25, 0.3) is 11.8 Å². The molecule has 0 unspecified atom stereocenters. The third kappa shape index (κ3) is 4.09. The van der Waals surface area contributed by atoms with Gasteiger partial charge in [0, 0.05) is 17.4 Å². The summed E-state index contributed by atoms with van der Waals surface area (Å²) in [7, 11) is 0. The molecule has 0 saturated carbocycles. The molecule has 2 amide bonds. The van der Waals surface area contributed by atoms with Crippen LogP contribution in [-0.2, 0) is 0 Å². The number of nitrogens with zero attached hydrogens (tertiary/aromatic N) is 2. The number of hydrogen-bond acceptors (Lipinski definition) is 3. The van der Waals surface area contributed by atoms with Crippen LogP contribution < -0.4 is 10.6 Å². The number of rotatable bonds is 3. The molecule has 0 spiro atoms. The van der Waals surface area contributed by atoms with Gasteiger partial charge in [-0.25, -0.2) is 9.37 Å². The van der Waals surface area contributed by atoms with Gasteiger partial charge in [-0.2, -0.15) is 0 Å². The standard InChI is InChI=1S/C19H18ClFN4O2/c1-19(2,3)24-18(27)16-23-15(14-6-4-5-9-25(14)16)17(26)22-11-7-8-13(21)12(20)10-11/h4-10H,1-3H3,(H,22,26)(H,24,27). The molecule has 0 bridgehead atoms. The molecular formula is C19H18ClFN4O2. The lowest BCUT2D eigenvalue weighted by Crippen LogP contribution is -2.41. The van der Waals surface area contributed by atoms with Crippen molar-refractivity contribution in [1.29, 1.82) is 0 Å². The molecule has 0 radical (unpaired) electrons. The van der Waals surface area contributed by atoms with Crippen LogP contribution in [0, 0.1) is 5.82 Å². The molecule has 2 heterocycles. The molecule has 1 aromatic carbocycles. The molecule has 6 nitrogen and oxygen atoms in total. The van der Waals surface area contributed by atoms with E-state index in [4.69, 9.17) is 11.6 Å². The number of amides is 2. The van der Waals surface area contributed by atoms with Crippen LogP contribution in [0.4, 0.5) is 10.1 Å². The van der Waals surface area contributed by atoms with Crippen molar-refractivity contribution in [1.82, 2.24) is 14.7 Å². The second kappa shape index (κ2) is 7.00. The number of benzene rings is 1. The molecule has 8 heteroatoms. The highest BCUT2D eigenvalue weighted by molar-refractivity contribution is 6.31. The molecule has 0 atom stereocenters. The molecule has 140 valence electrons. The van der Waals surface area contributed by atoms with Gasteiger partial charge in [0.1, 0.15) is 5.82 Å². The first-order chi connectivity index (χ1) is 12.7. The zero-order chi connectivity index (χ0) is 19.8. The van der Waals surface area contributed by atoms with E-state index >= 15 is 0 Å². The average molecular weight is 389 g/mol. The number of halogens is 2. The van der Waals surface area contributed by atoms with E-state index in [1.54, 1.807) is 28.8 Å². The molecule has 0 aliphatic rings. The van der Waals surface area contributed by atoms with Crippen LogP contribution in [0.1, 0.15) is 41.9 Å². The lowest BCUT2D eigenvalue weighted by Gasteiger charge is -2.19. The van der Waals surface area contributed by atoms with Gasteiger partial charge in [0.05, 0.1) is 10.5 Å². The maximum atomic E-state index is 13.3. The maximum Gasteiger partial charge on any atom is 0.288 e. The van der Waals surface area contributed by atoms with Crippen molar-refractivity contribution in [2.45, 2.75) is 26.3 Å². The highest BCUT2D eigenvalue weighted by Crippen LogP contribution is 2.21. The number of carbonyl (C=O) groups excluding carboxylic acids is 2. The van der Waals surface area contributed by atoms with E-state index in [0.29, 0.717) is 11.2 Å². The topological polar surface area (TPSA) is 75.5 Å². The summed E-state index contributed by atoms with van der Waals surface area (Å²) in [6.07, 6.45) is 1.66. The van der Waals surface area contributed by atoms with Crippen LogP contribution in [0.25, 0.3) is 5.52 Å². The molecular weight excluding hydrogens is 371 g/mol. The van der Waals surface area contributed by atoms with Gasteiger partial charge in [0.15, 0.2) is 5.69 Å². The lowest BCUT2D eigenvalue weighted by molar-refractivity contribution is 0.0908. The van der Waals surface area contributed by atoms with Crippen LogP contribution in [0.2, 0.25) is 5.02 Å². The summed E-state index contributed by atoms with van der Waals surface area (Å²) in [6.45, 7) is 5.56. The summed E-state index contributed by atoms with van der Waals surface area (Å²) in [5.74, 6) is -1.41. The Hall–Kier alpha value is -2.93. The van der Waals surface area contributed by atoms with Crippen molar-refractivity contribution in [3.63, 3.8) is 0 Å². The monoisotopic (exact) mass is 388 g/mol. The Kier molecular flexibility index (Phi) is 4.89. The van der Waals surface area contributed by atoms with E-state index in [2.05, 4.69) is 15.6 Å². The predicted molar refractivity (Wildman–Crippen MR) is 102 cm³/mol. The second-order valence-corrected chi connectivity index (χ2v) is 7.43. The Morgan fingerprint density at radius 3 is 2.56 bits per heavy atom. The van der Waals surface area contributed by atoms with Gasteiger partial charge in [-0.1, -0.05) is 17.7 Å². The molecule has 0 saturated heterocycles. The molecule has 2 aromatic heterocycles. The molecule has 27 heavy (non-hydrogen) atoms. The average Bonchev–Trinajstić information content (AvgIpc) is 2.97. The summed E-state index contributed by atoms with van der Waals surface area (Å²) in [5, 5.41) is 5.35. The zero-order valence-electron chi connectivity index (χ0n) is 15.0. The summed E-state index contributed by atoms with van der Waals surface area (Å²) < 4.78 is 14.8. The van der Waals surface area contributed by atoms with Crippen molar-refractivity contribution >= 4 is 34.6 Å². The van der Waals surface area contributed by atoms with Crippen LogP contribution in [0.3, 0.4) is 0 Å². The molecule has 0 fully saturated rings. The molecule has 2 N–H and O–H groups in total. The number of aromatic nitrogens is 2. The molecule has 0 aliphatic carbocycles. The Bertz CT molecular complexity index is 1040. The Morgan fingerprint density at radius 1 is 1.15 bits per heavy atom. The number of nitrogens with one attached hydrogen (secondary N) is 2. The summed E-state index contributed by atoms with van der Waals surface area (Å²) in [5.41, 5.74) is 0.423. The van der Waals surface area contributed by atoms with Crippen LogP contribution in [0.15, 0.2) is 42.6 Å². The quantitative estimate of drug-likeness (QED) is 0.714. The second-order valence-electron chi connectivity index (χ2n) is 7.03. The molecule has 3 rings (SSSR count). The van der Waals surface area contributed by atoms with Crippen molar-refractivity contribution in [3.05, 3.63) is 65.0 Å². The number of anilines is 1. The Balaban J connectivity index is 1.98. The van der Waals surface area contributed by atoms with E-state index in [0.717, 1.165) is 6.07 Å². The van der Waals surface area contributed by atoms with Gasteiger partial charge in [-0.05, 0) is 51.1 Å². The fourth-order valence-electron chi connectivity index (χ4n) is 2.53. The van der Waals surface area contributed by atoms with E-state index in [-0.39, 0.29) is 16.5 Å². The molecule has 3 aromatic rings. The van der Waals surface area contributed by atoms with Gasteiger partial charge >= 0.3 is 0 Å². The lowest BCUT2D eigenvalue weighted by atomic mass is 10.1. The fraction of sp³-hybridized carbons (Fsp3) is 0.211. The van der Waals surface area contributed by atoms with Crippen LogP contribution in [-0.4, -0.2) is 26.7 Å². The minimum absolute atomic E-state index is 0.0788. The normalized spacial score (nSPS) is 11.4. The number of imidazole rings is 1. The fourth-order valence-corrected chi connectivity index (χ4v) is 2.71. The SMILES string of the molecule is CC(C)(C)NC(=O)c1nc(C(=O)Nc2ccc(F)c(Cl)c2)c2ccccn12. The van der Waals surface area contributed by atoms with Gasteiger partial charge in [-0.15, -0.1) is 0 Å². The number of carbonyl (C=O) groups is 2. The minimum Gasteiger partial charge on any atom is -0.345 e. The largest absolute Gasteiger partial charge is 0.345 e. The van der Waals surface area contributed by atoms with Gasteiger partial charge in [-0.3, -0.25) is 14.0 Å². The van der Waals surface area contributed by atoms with Crippen LogP contribution in [0.5, 0.6) is 0 Å².